The maximum absolute atomic E-state index is 11.3. The number of nitrogens with zero attached hydrogens (tertiary/aromatic N) is 1. The molecule has 0 radical (unpaired) electrons. The van der Waals surface area contributed by atoms with Crippen molar-refractivity contribution in [3.8, 4) is 0 Å². The zero-order valence-corrected chi connectivity index (χ0v) is 11.2. The van der Waals surface area contributed by atoms with Gasteiger partial charge in [0.1, 0.15) is 0 Å². The monoisotopic (exact) mass is 297 g/mol. The molecule has 0 bridgehead atoms. The number of nitrogens with one attached hydrogen (secondary N) is 1. The number of hydrogen-bond donors (Lipinski definition) is 2. The lowest BCUT2D eigenvalue weighted by atomic mass is 10.1. The summed E-state index contributed by atoms with van der Waals surface area (Å²) in [6, 6.07) is 6.05. The number of hydrogen-bond acceptors (Lipinski definition) is 3. The van der Waals surface area contributed by atoms with Crippen molar-refractivity contribution in [3.63, 3.8) is 0 Å². The van der Waals surface area contributed by atoms with Gasteiger partial charge in [-0.05, 0) is 12.1 Å². The van der Waals surface area contributed by atoms with Crippen molar-refractivity contribution in [2.75, 3.05) is 24.5 Å². The Morgan fingerprint density at radius 3 is 3.00 bits per heavy atom. The van der Waals surface area contributed by atoms with E-state index in [9.17, 15) is 4.79 Å². The van der Waals surface area contributed by atoms with Crippen molar-refractivity contribution >= 4 is 27.5 Å². The van der Waals surface area contributed by atoms with Gasteiger partial charge in [-0.15, -0.1) is 0 Å². The first-order chi connectivity index (χ1) is 8.22. The standard InChI is InChI=1S/C12H16BrN3O/c13-10-2-1-3-11(9(10)8-14)16-6-4-12(17)15-5-7-16/h1-3H,4-8,14H2,(H,15,17). The Balaban J connectivity index is 2.26. The van der Waals surface area contributed by atoms with E-state index in [2.05, 4.69) is 32.2 Å². The largest absolute Gasteiger partial charge is 0.369 e. The highest BCUT2D eigenvalue weighted by Gasteiger charge is 2.16. The molecule has 0 aromatic heterocycles. The highest BCUT2D eigenvalue weighted by molar-refractivity contribution is 9.10. The zero-order chi connectivity index (χ0) is 12.3. The van der Waals surface area contributed by atoms with Crippen LogP contribution in [0, 0.1) is 0 Å². The van der Waals surface area contributed by atoms with Gasteiger partial charge < -0.3 is 16.0 Å². The summed E-state index contributed by atoms with van der Waals surface area (Å²) in [5, 5.41) is 2.87. The molecular formula is C12H16BrN3O. The lowest BCUT2D eigenvalue weighted by molar-refractivity contribution is -0.120. The molecule has 1 fully saturated rings. The summed E-state index contributed by atoms with van der Waals surface area (Å²) >= 11 is 3.52. The molecule has 0 saturated carbocycles. The maximum Gasteiger partial charge on any atom is 0.221 e. The van der Waals surface area contributed by atoms with Crippen LogP contribution in [0.3, 0.4) is 0 Å². The number of anilines is 1. The molecule has 0 aliphatic carbocycles. The summed E-state index contributed by atoms with van der Waals surface area (Å²) < 4.78 is 1.03. The summed E-state index contributed by atoms with van der Waals surface area (Å²) in [5.74, 6) is 0.122. The minimum atomic E-state index is 0.122. The molecule has 5 heteroatoms. The molecule has 0 unspecified atom stereocenters. The average Bonchev–Trinajstić information content (AvgIpc) is 2.54. The Labute approximate surface area is 109 Å². The van der Waals surface area contributed by atoms with Crippen molar-refractivity contribution in [1.82, 2.24) is 5.32 Å². The highest BCUT2D eigenvalue weighted by Crippen LogP contribution is 2.27. The predicted molar refractivity (Wildman–Crippen MR) is 71.9 cm³/mol. The number of carbonyl (C=O) groups is 1. The summed E-state index contributed by atoms with van der Waals surface area (Å²) in [6.07, 6.45) is 0.538. The number of rotatable bonds is 2. The Hall–Kier alpha value is -1.07. The first kappa shape index (κ1) is 12.4. The predicted octanol–water partition coefficient (Wildman–Crippen LogP) is 1.23. The van der Waals surface area contributed by atoms with Gasteiger partial charge in [0.15, 0.2) is 0 Å². The van der Waals surface area contributed by atoms with Crippen molar-refractivity contribution in [2.45, 2.75) is 13.0 Å². The van der Waals surface area contributed by atoms with Gasteiger partial charge in [0.05, 0.1) is 0 Å². The molecule has 1 amide bonds. The topological polar surface area (TPSA) is 58.4 Å². The summed E-state index contributed by atoms with van der Waals surface area (Å²) in [4.78, 5) is 13.5. The van der Waals surface area contributed by atoms with E-state index in [0.717, 1.165) is 28.8 Å². The SMILES string of the molecule is NCc1c(Br)cccc1N1CCNC(=O)CC1. The fourth-order valence-electron chi connectivity index (χ4n) is 2.05. The average molecular weight is 298 g/mol. The first-order valence-electron chi connectivity index (χ1n) is 5.71. The van der Waals surface area contributed by atoms with Crippen LogP contribution in [0.5, 0.6) is 0 Å². The number of amides is 1. The van der Waals surface area contributed by atoms with Crippen LogP contribution in [0.25, 0.3) is 0 Å². The third kappa shape index (κ3) is 2.79. The molecule has 0 spiro atoms. The van der Waals surface area contributed by atoms with Crippen LogP contribution < -0.4 is 16.0 Å². The lowest BCUT2D eigenvalue weighted by Crippen LogP contribution is -2.29. The summed E-state index contributed by atoms with van der Waals surface area (Å²) in [5.41, 5.74) is 8.01. The molecule has 1 aromatic carbocycles. The van der Waals surface area contributed by atoms with E-state index >= 15 is 0 Å². The smallest absolute Gasteiger partial charge is 0.221 e. The number of carbonyl (C=O) groups excluding carboxylic acids is 1. The van der Waals surface area contributed by atoms with Gasteiger partial charge in [-0.25, -0.2) is 0 Å². The number of nitrogens with two attached hydrogens (primary N) is 1. The van der Waals surface area contributed by atoms with E-state index in [1.54, 1.807) is 0 Å². The summed E-state index contributed by atoms with van der Waals surface area (Å²) in [7, 11) is 0. The third-order valence-corrected chi connectivity index (χ3v) is 3.69. The van der Waals surface area contributed by atoms with Gasteiger partial charge in [-0.2, -0.15) is 0 Å². The molecule has 1 aromatic rings. The van der Waals surface area contributed by atoms with Crippen LogP contribution in [0.15, 0.2) is 22.7 Å². The number of halogens is 1. The van der Waals surface area contributed by atoms with Gasteiger partial charge in [0.25, 0.3) is 0 Å². The van der Waals surface area contributed by atoms with Crippen LogP contribution in [-0.4, -0.2) is 25.5 Å². The quantitative estimate of drug-likeness (QED) is 0.863. The zero-order valence-electron chi connectivity index (χ0n) is 9.58. The molecule has 1 aliphatic rings. The lowest BCUT2D eigenvalue weighted by Gasteiger charge is -2.25. The highest BCUT2D eigenvalue weighted by atomic mass is 79.9. The molecular weight excluding hydrogens is 282 g/mol. The Morgan fingerprint density at radius 2 is 2.24 bits per heavy atom. The second-order valence-corrected chi connectivity index (χ2v) is 4.88. The number of benzene rings is 1. The first-order valence-corrected chi connectivity index (χ1v) is 6.51. The van der Waals surface area contributed by atoms with E-state index in [1.807, 2.05) is 12.1 Å². The maximum atomic E-state index is 11.3. The molecule has 4 nitrogen and oxygen atoms in total. The van der Waals surface area contributed by atoms with Gasteiger partial charge >= 0.3 is 0 Å². The van der Waals surface area contributed by atoms with Gasteiger partial charge in [0, 0.05) is 48.3 Å². The molecule has 0 atom stereocenters. The summed E-state index contributed by atoms with van der Waals surface area (Å²) in [6.45, 7) is 2.76. The molecule has 17 heavy (non-hydrogen) atoms. The van der Waals surface area contributed by atoms with Crippen LogP contribution in [0.1, 0.15) is 12.0 Å². The third-order valence-electron chi connectivity index (χ3n) is 2.95. The Morgan fingerprint density at radius 1 is 1.41 bits per heavy atom. The minimum absolute atomic E-state index is 0.122. The molecule has 92 valence electrons. The molecule has 2 rings (SSSR count). The van der Waals surface area contributed by atoms with Gasteiger partial charge in [-0.1, -0.05) is 22.0 Å². The van der Waals surface area contributed by atoms with Crippen LogP contribution in [0.4, 0.5) is 5.69 Å². The van der Waals surface area contributed by atoms with E-state index in [-0.39, 0.29) is 5.91 Å². The van der Waals surface area contributed by atoms with E-state index in [0.29, 0.717) is 19.5 Å². The molecule has 1 heterocycles. The van der Waals surface area contributed by atoms with E-state index < -0.39 is 0 Å². The van der Waals surface area contributed by atoms with Crippen LogP contribution in [-0.2, 0) is 11.3 Å². The normalized spacial score (nSPS) is 16.6. The second kappa shape index (κ2) is 5.51. The molecule has 1 saturated heterocycles. The molecule has 3 N–H and O–H groups in total. The second-order valence-electron chi connectivity index (χ2n) is 4.03. The van der Waals surface area contributed by atoms with Crippen LogP contribution in [0.2, 0.25) is 0 Å². The molecule has 1 aliphatic heterocycles. The van der Waals surface area contributed by atoms with Crippen molar-refractivity contribution in [1.29, 1.82) is 0 Å². The Bertz CT molecular complexity index is 422. The van der Waals surface area contributed by atoms with Gasteiger partial charge in [-0.3, -0.25) is 4.79 Å². The van der Waals surface area contributed by atoms with Crippen LogP contribution >= 0.6 is 15.9 Å². The minimum Gasteiger partial charge on any atom is -0.369 e. The fraction of sp³-hybridized carbons (Fsp3) is 0.417. The Kier molecular flexibility index (Phi) is 4.02. The van der Waals surface area contributed by atoms with Crippen molar-refractivity contribution < 1.29 is 4.79 Å². The van der Waals surface area contributed by atoms with E-state index in [4.69, 9.17) is 5.73 Å². The van der Waals surface area contributed by atoms with E-state index in [1.165, 1.54) is 0 Å². The van der Waals surface area contributed by atoms with Crippen molar-refractivity contribution in [3.05, 3.63) is 28.2 Å². The van der Waals surface area contributed by atoms with Gasteiger partial charge in [0.2, 0.25) is 5.91 Å². The fourth-order valence-corrected chi connectivity index (χ4v) is 2.57. The van der Waals surface area contributed by atoms with Crippen molar-refractivity contribution in [2.24, 2.45) is 5.73 Å².